The van der Waals surface area contributed by atoms with E-state index in [2.05, 4.69) is 4.72 Å². The average molecular weight is 388 g/mol. The summed E-state index contributed by atoms with van der Waals surface area (Å²) < 4.78 is 27.4. The maximum atomic E-state index is 12.8. The number of hydrogen-bond donors (Lipinski definition) is 2. The van der Waals surface area contributed by atoms with Crippen LogP contribution in [-0.2, 0) is 10.0 Å². The molecule has 0 atom stereocenters. The monoisotopic (exact) mass is 387 g/mol. The summed E-state index contributed by atoms with van der Waals surface area (Å²) in [6, 6.07) is 4.83. The number of likely N-dealkylation sites (tertiary alicyclic amines) is 1. The highest BCUT2D eigenvalue weighted by Gasteiger charge is 2.29. The Balaban J connectivity index is 0.00000225. The molecule has 0 spiro atoms. The molecule has 1 saturated carbocycles. The van der Waals surface area contributed by atoms with E-state index in [4.69, 9.17) is 5.73 Å². The zero-order chi connectivity index (χ0) is 17.3. The van der Waals surface area contributed by atoms with E-state index in [1.165, 1.54) is 6.07 Å². The summed E-state index contributed by atoms with van der Waals surface area (Å²) in [5, 5.41) is 0. The lowest BCUT2D eigenvalue weighted by molar-refractivity contribution is 0.0692. The Bertz CT molecular complexity index is 727. The highest BCUT2D eigenvalue weighted by molar-refractivity contribution is 7.89. The maximum absolute atomic E-state index is 12.8. The smallest absolute Gasteiger partial charge is 0.254 e. The molecule has 6 nitrogen and oxygen atoms in total. The van der Waals surface area contributed by atoms with Gasteiger partial charge >= 0.3 is 0 Å². The quantitative estimate of drug-likeness (QED) is 0.803. The number of hydrogen-bond acceptors (Lipinski definition) is 4. The lowest BCUT2D eigenvalue weighted by Gasteiger charge is -2.31. The molecule has 2 aliphatic rings. The number of sulfonamides is 1. The van der Waals surface area contributed by atoms with Crippen molar-refractivity contribution in [2.24, 2.45) is 11.7 Å². The summed E-state index contributed by atoms with van der Waals surface area (Å²) in [6.07, 6.45) is 3.57. The van der Waals surface area contributed by atoms with Gasteiger partial charge in [0.1, 0.15) is 0 Å². The molecule has 1 aromatic rings. The first-order chi connectivity index (χ1) is 11.4. The number of piperidine rings is 1. The number of halogens is 1. The van der Waals surface area contributed by atoms with Crippen LogP contribution in [-0.4, -0.2) is 44.9 Å². The topological polar surface area (TPSA) is 92.5 Å². The molecule has 1 amide bonds. The second-order valence-corrected chi connectivity index (χ2v) is 8.56. The summed E-state index contributed by atoms with van der Waals surface area (Å²) in [6.45, 7) is 3.85. The molecule has 3 rings (SSSR count). The first-order valence-corrected chi connectivity index (χ1v) is 10.0. The van der Waals surface area contributed by atoms with E-state index >= 15 is 0 Å². The van der Waals surface area contributed by atoms with Crippen LogP contribution in [0.3, 0.4) is 0 Å². The zero-order valence-electron chi connectivity index (χ0n) is 14.4. The highest BCUT2D eigenvalue weighted by atomic mass is 35.5. The fourth-order valence-corrected chi connectivity index (χ4v) is 4.36. The van der Waals surface area contributed by atoms with Gasteiger partial charge in [-0.1, -0.05) is 6.07 Å². The van der Waals surface area contributed by atoms with Crippen LogP contribution >= 0.6 is 12.4 Å². The Morgan fingerprint density at radius 2 is 1.88 bits per heavy atom. The van der Waals surface area contributed by atoms with Crippen LogP contribution in [0.2, 0.25) is 0 Å². The molecular weight excluding hydrogens is 362 g/mol. The lowest BCUT2D eigenvalue weighted by Crippen LogP contribution is -2.40. The maximum Gasteiger partial charge on any atom is 0.254 e. The predicted molar refractivity (Wildman–Crippen MR) is 99.5 cm³/mol. The van der Waals surface area contributed by atoms with Gasteiger partial charge in [-0.3, -0.25) is 4.79 Å². The van der Waals surface area contributed by atoms with Crippen LogP contribution in [0.5, 0.6) is 0 Å². The van der Waals surface area contributed by atoms with E-state index in [1.54, 1.807) is 17.0 Å². The third-order valence-electron chi connectivity index (χ3n) is 4.88. The molecule has 1 aliphatic carbocycles. The van der Waals surface area contributed by atoms with Crippen LogP contribution < -0.4 is 10.5 Å². The van der Waals surface area contributed by atoms with Crippen molar-refractivity contribution < 1.29 is 13.2 Å². The van der Waals surface area contributed by atoms with Crippen molar-refractivity contribution in [1.29, 1.82) is 0 Å². The number of aryl methyl sites for hydroxylation is 1. The van der Waals surface area contributed by atoms with Gasteiger partial charge in [0.2, 0.25) is 10.0 Å². The molecule has 0 aromatic heterocycles. The number of carbonyl (C=O) groups excluding carboxylic acids is 1. The van der Waals surface area contributed by atoms with Crippen LogP contribution in [0.15, 0.2) is 23.1 Å². The minimum atomic E-state index is -3.55. The fourth-order valence-electron chi connectivity index (χ4n) is 3.03. The summed E-state index contributed by atoms with van der Waals surface area (Å²) in [7, 11) is -3.55. The predicted octanol–water partition coefficient (Wildman–Crippen LogP) is 1.67. The second-order valence-electron chi connectivity index (χ2n) is 6.84. The average Bonchev–Trinajstić information content (AvgIpc) is 3.38. The summed E-state index contributed by atoms with van der Waals surface area (Å²) >= 11 is 0. The first-order valence-electron chi connectivity index (χ1n) is 8.53. The molecular formula is C17H26ClN3O3S. The number of nitrogens with one attached hydrogen (secondary N) is 1. The Kier molecular flexibility index (Phi) is 6.48. The third kappa shape index (κ3) is 4.73. The molecule has 0 radical (unpaired) electrons. The molecule has 8 heteroatoms. The minimum Gasteiger partial charge on any atom is -0.339 e. The van der Waals surface area contributed by atoms with E-state index in [1.807, 2.05) is 6.92 Å². The number of nitrogens with zero attached hydrogens (tertiary/aromatic N) is 1. The molecule has 0 unspecified atom stereocenters. The van der Waals surface area contributed by atoms with Gasteiger partial charge in [0.05, 0.1) is 4.90 Å². The van der Waals surface area contributed by atoms with Gasteiger partial charge in [-0.2, -0.15) is 0 Å². The molecule has 0 bridgehead atoms. The van der Waals surface area contributed by atoms with Crippen LogP contribution in [0.4, 0.5) is 0 Å². The van der Waals surface area contributed by atoms with E-state index in [-0.39, 0.29) is 29.3 Å². The highest BCUT2D eigenvalue weighted by Crippen LogP contribution is 2.24. The SMILES string of the molecule is Cc1ccc(S(=O)(=O)NC2CC2)cc1C(=O)N1CCC(CN)CC1.Cl. The van der Waals surface area contributed by atoms with Gasteiger partial charge in [-0.15, -0.1) is 12.4 Å². The number of carbonyl (C=O) groups is 1. The fraction of sp³-hybridized carbons (Fsp3) is 0.588. The van der Waals surface area contributed by atoms with Gasteiger partial charge in [0.25, 0.3) is 5.91 Å². The van der Waals surface area contributed by atoms with Gasteiger partial charge in [-0.05, 0) is 62.8 Å². The summed E-state index contributed by atoms with van der Waals surface area (Å²) in [5.74, 6) is 0.385. The number of nitrogens with two attached hydrogens (primary N) is 1. The van der Waals surface area contributed by atoms with Crippen molar-refractivity contribution in [2.75, 3.05) is 19.6 Å². The first kappa shape index (κ1) is 20.2. The second kappa shape index (κ2) is 8.03. The van der Waals surface area contributed by atoms with Crippen molar-refractivity contribution >= 4 is 28.3 Å². The van der Waals surface area contributed by atoms with Crippen molar-refractivity contribution in [3.63, 3.8) is 0 Å². The van der Waals surface area contributed by atoms with Crippen molar-refractivity contribution in [2.45, 2.75) is 43.5 Å². The Labute approximate surface area is 155 Å². The molecule has 3 N–H and O–H groups in total. The molecule has 140 valence electrons. The van der Waals surface area contributed by atoms with Crippen molar-refractivity contribution in [3.05, 3.63) is 29.3 Å². The Morgan fingerprint density at radius 1 is 1.24 bits per heavy atom. The van der Waals surface area contributed by atoms with E-state index in [0.717, 1.165) is 31.2 Å². The van der Waals surface area contributed by atoms with Crippen molar-refractivity contribution in [3.8, 4) is 0 Å². The molecule has 1 heterocycles. The summed E-state index contributed by atoms with van der Waals surface area (Å²) in [5.41, 5.74) is 6.97. The van der Waals surface area contributed by atoms with Crippen LogP contribution in [0, 0.1) is 12.8 Å². The third-order valence-corrected chi connectivity index (χ3v) is 6.40. The lowest BCUT2D eigenvalue weighted by atomic mass is 9.96. The molecule has 25 heavy (non-hydrogen) atoms. The number of amides is 1. The normalized spacial score (nSPS) is 18.7. The van der Waals surface area contributed by atoms with Gasteiger partial charge in [0.15, 0.2) is 0 Å². The molecule has 1 aliphatic heterocycles. The molecule has 1 aromatic carbocycles. The zero-order valence-corrected chi connectivity index (χ0v) is 16.0. The summed E-state index contributed by atoms with van der Waals surface area (Å²) in [4.78, 5) is 14.8. The Morgan fingerprint density at radius 3 is 2.44 bits per heavy atom. The Hall–Kier alpha value is -1.15. The molecule has 2 fully saturated rings. The van der Waals surface area contributed by atoms with E-state index in [9.17, 15) is 13.2 Å². The van der Waals surface area contributed by atoms with E-state index < -0.39 is 10.0 Å². The van der Waals surface area contributed by atoms with E-state index in [0.29, 0.717) is 31.1 Å². The largest absolute Gasteiger partial charge is 0.339 e. The molecule has 1 saturated heterocycles. The number of rotatable bonds is 5. The van der Waals surface area contributed by atoms with Crippen molar-refractivity contribution in [1.82, 2.24) is 9.62 Å². The van der Waals surface area contributed by atoms with Gasteiger partial charge in [0, 0.05) is 24.7 Å². The van der Waals surface area contributed by atoms with Crippen LogP contribution in [0.1, 0.15) is 41.6 Å². The number of benzene rings is 1. The standard InChI is InChI=1S/C17H25N3O3S.ClH/c1-12-2-5-15(24(22,23)19-14-3-4-14)10-16(12)17(21)20-8-6-13(11-18)7-9-20;/h2,5,10,13-14,19H,3-4,6-9,11,18H2,1H3;1H. The van der Waals surface area contributed by atoms with Gasteiger partial charge < -0.3 is 10.6 Å². The van der Waals surface area contributed by atoms with Crippen LogP contribution in [0.25, 0.3) is 0 Å². The van der Waals surface area contributed by atoms with Gasteiger partial charge in [-0.25, -0.2) is 13.1 Å². The minimum absolute atomic E-state index is 0.